The molecule has 26 heavy (non-hydrogen) atoms. The number of hydrogen-bond acceptors (Lipinski definition) is 5. The quantitative estimate of drug-likeness (QED) is 0.542. The summed E-state index contributed by atoms with van der Waals surface area (Å²) in [4.78, 5) is 23.6. The first-order chi connectivity index (χ1) is 12.2. The van der Waals surface area contributed by atoms with Gasteiger partial charge in [-0.15, -0.1) is 0 Å². The molecule has 0 saturated carbocycles. The summed E-state index contributed by atoms with van der Waals surface area (Å²) in [5, 5.41) is 5.23. The maximum Gasteiger partial charge on any atom is 0.244 e. The lowest BCUT2D eigenvalue weighted by molar-refractivity contribution is -0.126. The molecule has 8 nitrogen and oxygen atoms in total. The molecule has 0 aromatic heterocycles. The van der Waals surface area contributed by atoms with Crippen LogP contribution in [-0.2, 0) is 19.6 Å². The van der Waals surface area contributed by atoms with Gasteiger partial charge in [0.15, 0.2) is 0 Å². The van der Waals surface area contributed by atoms with E-state index in [1.807, 2.05) is 6.92 Å². The van der Waals surface area contributed by atoms with E-state index in [1.54, 1.807) is 13.0 Å². The fourth-order valence-electron chi connectivity index (χ4n) is 2.02. The second-order valence-electron chi connectivity index (χ2n) is 5.47. The molecule has 0 spiro atoms. The number of methoxy groups -OCH3 is 1. The maximum atomic E-state index is 12.0. The molecule has 0 fully saturated rings. The van der Waals surface area contributed by atoms with Crippen molar-refractivity contribution in [2.45, 2.75) is 31.2 Å². The third-order valence-corrected chi connectivity index (χ3v) is 4.91. The van der Waals surface area contributed by atoms with E-state index in [1.165, 1.54) is 38.4 Å². The Hall–Kier alpha value is -2.39. The molecule has 3 N–H and O–H groups in total. The van der Waals surface area contributed by atoms with Gasteiger partial charge in [0.2, 0.25) is 21.8 Å². The Morgan fingerprint density at radius 3 is 2.58 bits per heavy atom. The molecule has 1 aromatic carbocycles. The van der Waals surface area contributed by atoms with Gasteiger partial charge in [0.05, 0.1) is 7.11 Å². The van der Waals surface area contributed by atoms with Crippen LogP contribution in [0.2, 0.25) is 0 Å². The molecule has 0 heterocycles. The van der Waals surface area contributed by atoms with E-state index < -0.39 is 22.0 Å². The largest absolute Gasteiger partial charge is 0.495 e. The summed E-state index contributed by atoms with van der Waals surface area (Å²) in [5.74, 6) is -0.527. The zero-order valence-corrected chi connectivity index (χ0v) is 16.1. The van der Waals surface area contributed by atoms with Crippen molar-refractivity contribution in [2.24, 2.45) is 0 Å². The number of hydrogen-bond donors (Lipinski definition) is 3. The second-order valence-corrected chi connectivity index (χ2v) is 7.33. The van der Waals surface area contributed by atoms with Crippen LogP contribution < -0.4 is 20.1 Å². The van der Waals surface area contributed by atoms with Crippen molar-refractivity contribution in [1.29, 1.82) is 0 Å². The van der Waals surface area contributed by atoms with Crippen LogP contribution in [0.1, 0.15) is 25.8 Å². The lowest BCUT2D eigenvalue weighted by atomic mass is 10.2. The molecule has 1 atom stereocenters. The highest BCUT2D eigenvalue weighted by Crippen LogP contribution is 2.25. The van der Waals surface area contributed by atoms with Gasteiger partial charge >= 0.3 is 0 Å². The van der Waals surface area contributed by atoms with Crippen LogP contribution in [0.3, 0.4) is 0 Å². The Balaban J connectivity index is 2.86. The third-order valence-electron chi connectivity index (χ3n) is 3.47. The molecule has 144 valence electrons. The predicted molar refractivity (Wildman–Crippen MR) is 99.2 cm³/mol. The fraction of sp³-hybridized carbons (Fsp3) is 0.412. The first-order valence-electron chi connectivity index (χ1n) is 8.13. The zero-order chi connectivity index (χ0) is 19.7. The highest BCUT2D eigenvalue weighted by molar-refractivity contribution is 7.89. The summed E-state index contributed by atoms with van der Waals surface area (Å²) in [7, 11) is -1.03. The van der Waals surface area contributed by atoms with Crippen LogP contribution in [0.4, 0.5) is 0 Å². The highest BCUT2D eigenvalue weighted by Gasteiger charge is 2.18. The summed E-state index contributed by atoms with van der Waals surface area (Å²) < 4.78 is 31.4. The SMILES string of the molecule is CCCNC(=O)C(C)NC(=O)/C=C/c1ccc(OC)c(S(=O)(=O)NC)c1. The molecule has 0 aliphatic heterocycles. The summed E-state index contributed by atoms with van der Waals surface area (Å²) in [6.45, 7) is 4.06. The van der Waals surface area contributed by atoms with Crippen LogP contribution in [0.5, 0.6) is 5.75 Å². The van der Waals surface area contributed by atoms with Gasteiger partial charge < -0.3 is 15.4 Å². The minimum atomic E-state index is -3.70. The predicted octanol–water partition coefficient (Wildman–Crippen LogP) is 0.647. The zero-order valence-electron chi connectivity index (χ0n) is 15.3. The molecule has 2 amide bonds. The molecule has 0 saturated heterocycles. The van der Waals surface area contributed by atoms with Crippen molar-refractivity contribution in [2.75, 3.05) is 20.7 Å². The summed E-state index contributed by atoms with van der Waals surface area (Å²) >= 11 is 0. The smallest absolute Gasteiger partial charge is 0.244 e. The van der Waals surface area contributed by atoms with Gasteiger partial charge in [-0.1, -0.05) is 13.0 Å². The van der Waals surface area contributed by atoms with E-state index in [9.17, 15) is 18.0 Å². The van der Waals surface area contributed by atoms with Crippen LogP contribution in [0.25, 0.3) is 6.08 Å². The standard InChI is InChI=1S/C17H25N3O5S/c1-5-10-19-17(22)12(2)20-16(21)9-7-13-6-8-14(25-4)15(11-13)26(23,24)18-3/h6-9,11-12,18H,5,10H2,1-4H3,(H,19,22)(H,20,21)/b9-7+. The van der Waals surface area contributed by atoms with Gasteiger partial charge in [0, 0.05) is 12.6 Å². The number of ether oxygens (including phenoxy) is 1. The molecule has 1 aromatic rings. The number of rotatable bonds is 9. The lowest BCUT2D eigenvalue weighted by Gasteiger charge is -2.12. The Bertz CT molecular complexity index is 775. The van der Waals surface area contributed by atoms with E-state index in [0.717, 1.165) is 6.42 Å². The molecule has 1 unspecified atom stereocenters. The number of nitrogens with one attached hydrogen (secondary N) is 3. The highest BCUT2D eigenvalue weighted by atomic mass is 32.2. The molecular formula is C17H25N3O5S. The first kappa shape index (κ1) is 21.7. The van der Waals surface area contributed by atoms with Crippen molar-refractivity contribution in [3.63, 3.8) is 0 Å². The minimum absolute atomic E-state index is 0.0302. The molecule has 0 radical (unpaired) electrons. The Labute approximate surface area is 154 Å². The van der Waals surface area contributed by atoms with E-state index in [-0.39, 0.29) is 16.6 Å². The lowest BCUT2D eigenvalue weighted by Crippen LogP contribution is -2.44. The normalized spacial score (nSPS) is 12.6. The molecule has 0 aliphatic carbocycles. The van der Waals surface area contributed by atoms with Crippen LogP contribution in [0, 0.1) is 0 Å². The maximum absolute atomic E-state index is 12.0. The summed E-state index contributed by atoms with van der Waals surface area (Å²) in [6, 6.07) is 3.85. The topological polar surface area (TPSA) is 114 Å². The van der Waals surface area contributed by atoms with Gasteiger partial charge in [-0.2, -0.15) is 0 Å². The third kappa shape index (κ3) is 6.16. The molecule has 0 aliphatic rings. The summed E-state index contributed by atoms with van der Waals surface area (Å²) in [6.07, 6.45) is 3.50. The monoisotopic (exact) mass is 383 g/mol. The number of benzene rings is 1. The Kier molecular flexibility index (Phi) is 8.27. The van der Waals surface area contributed by atoms with Crippen molar-refractivity contribution < 1.29 is 22.7 Å². The van der Waals surface area contributed by atoms with Crippen LogP contribution in [-0.4, -0.2) is 47.0 Å². The molecule has 1 rings (SSSR count). The van der Waals surface area contributed by atoms with Gasteiger partial charge in [0.25, 0.3) is 0 Å². The van der Waals surface area contributed by atoms with Crippen molar-refractivity contribution in [3.8, 4) is 5.75 Å². The minimum Gasteiger partial charge on any atom is -0.495 e. The van der Waals surface area contributed by atoms with Crippen molar-refractivity contribution in [3.05, 3.63) is 29.8 Å². The first-order valence-corrected chi connectivity index (χ1v) is 9.61. The number of carbonyl (C=O) groups is 2. The van der Waals surface area contributed by atoms with E-state index in [2.05, 4.69) is 15.4 Å². The average molecular weight is 383 g/mol. The number of sulfonamides is 1. The van der Waals surface area contributed by atoms with Crippen molar-refractivity contribution >= 4 is 27.9 Å². The Morgan fingerprint density at radius 2 is 2.00 bits per heavy atom. The van der Waals surface area contributed by atoms with Gasteiger partial charge in [0.1, 0.15) is 16.7 Å². The van der Waals surface area contributed by atoms with Gasteiger partial charge in [-0.25, -0.2) is 13.1 Å². The van der Waals surface area contributed by atoms with E-state index in [4.69, 9.17) is 4.74 Å². The Morgan fingerprint density at radius 1 is 1.31 bits per heavy atom. The second kappa shape index (κ2) is 9.93. The molecule has 9 heteroatoms. The molecule has 0 bridgehead atoms. The van der Waals surface area contributed by atoms with Crippen LogP contribution >= 0.6 is 0 Å². The van der Waals surface area contributed by atoms with E-state index >= 15 is 0 Å². The van der Waals surface area contributed by atoms with Crippen molar-refractivity contribution in [1.82, 2.24) is 15.4 Å². The van der Waals surface area contributed by atoms with Gasteiger partial charge in [-0.3, -0.25) is 9.59 Å². The number of carbonyl (C=O) groups excluding carboxylic acids is 2. The van der Waals surface area contributed by atoms with Gasteiger partial charge in [-0.05, 0) is 44.2 Å². The number of amides is 2. The average Bonchev–Trinajstić information content (AvgIpc) is 2.63. The van der Waals surface area contributed by atoms with Crippen LogP contribution in [0.15, 0.2) is 29.2 Å². The fourth-order valence-corrected chi connectivity index (χ4v) is 2.94. The van der Waals surface area contributed by atoms with E-state index in [0.29, 0.717) is 12.1 Å². The summed E-state index contributed by atoms with van der Waals surface area (Å²) in [5.41, 5.74) is 0.498. The molecular weight excluding hydrogens is 358 g/mol.